The third kappa shape index (κ3) is 6.51. The quantitative estimate of drug-likeness (QED) is 0.216. The van der Waals surface area contributed by atoms with Gasteiger partial charge in [0.2, 0.25) is 5.91 Å². The smallest absolute Gasteiger partial charge is 0.330 e. The number of carbonyl (C=O) groups excluding carboxylic acids is 3. The van der Waals surface area contributed by atoms with Crippen molar-refractivity contribution in [1.29, 1.82) is 0 Å². The second kappa shape index (κ2) is 12.9. The normalized spacial score (nSPS) is 24.6. The van der Waals surface area contributed by atoms with E-state index >= 15 is 0 Å². The second-order valence-electron chi connectivity index (χ2n) is 11.8. The maximum absolute atomic E-state index is 13.8. The molecular formula is C33H43NO6. The SMILES string of the molecule is COc1ccc(CC(Cc2ccc(OC)cc2)N2C(=O)C(C(C)=O)C2C(=O)O[C@H]2C[C@@H](C)CC[C@@H]2C(C)C)cc1. The zero-order valence-electron chi connectivity index (χ0n) is 24.6. The number of esters is 1. The average molecular weight is 550 g/mol. The van der Waals surface area contributed by atoms with E-state index in [1.807, 2.05) is 48.5 Å². The molecular weight excluding hydrogens is 506 g/mol. The number of carbonyl (C=O) groups is 3. The van der Waals surface area contributed by atoms with Crippen molar-refractivity contribution < 1.29 is 28.6 Å². The summed E-state index contributed by atoms with van der Waals surface area (Å²) >= 11 is 0. The van der Waals surface area contributed by atoms with Crippen LogP contribution in [0.2, 0.25) is 0 Å². The van der Waals surface area contributed by atoms with Crippen molar-refractivity contribution >= 4 is 17.7 Å². The number of β-lactam (4-membered cyclic amide) rings is 1. The van der Waals surface area contributed by atoms with Gasteiger partial charge in [-0.2, -0.15) is 0 Å². The van der Waals surface area contributed by atoms with E-state index in [1.165, 1.54) is 6.92 Å². The van der Waals surface area contributed by atoms with Crippen LogP contribution in [0.15, 0.2) is 48.5 Å². The number of hydrogen-bond acceptors (Lipinski definition) is 6. The summed E-state index contributed by atoms with van der Waals surface area (Å²) in [5, 5.41) is 0. The molecule has 1 heterocycles. The van der Waals surface area contributed by atoms with Gasteiger partial charge in [0, 0.05) is 6.04 Å². The van der Waals surface area contributed by atoms with Gasteiger partial charge >= 0.3 is 5.97 Å². The van der Waals surface area contributed by atoms with Crippen LogP contribution in [0, 0.1) is 23.7 Å². The lowest BCUT2D eigenvalue weighted by atomic mass is 9.75. The Balaban J connectivity index is 1.63. The van der Waals surface area contributed by atoms with Crippen molar-refractivity contribution in [2.45, 2.75) is 78.0 Å². The molecule has 0 aromatic heterocycles. The minimum absolute atomic E-state index is 0.206. The molecule has 1 aliphatic carbocycles. The predicted octanol–water partition coefficient (Wildman–Crippen LogP) is 5.28. The fourth-order valence-electron chi connectivity index (χ4n) is 6.37. The predicted molar refractivity (Wildman–Crippen MR) is 153 cm³/mol. The van der Waals surface area contributed by atoms with Gasteiger partial charge in [-0.3, -0.25) is 9.59 Å². The third-order valence-electron chi connectivity index (χ3n) is 8.70. The summed E-state index contributed by atoms with van der Waals surface area (Å²) in [6, 6.07) is 14.2. The topological polar surface area (TPSA) is 82.1 Å². The van der Waals surface area contributed by atoms with Gasteiger partial charge in [-0.05, 0) is 85.8 Å². The number of ketones is 1. The Morgan fingerprint density at radius 1 is 0.900 bits per heavy atom. The maximum Gasteiger partial charge on any atom is 0.330 e. The lowest BCUT2D eigenvalue weighted by Crippen LogP contribution is -2.70. The zero-order valence-corrected chi connectivity index (χ0v) is 24.6. The van der Waals surface area contributed by atoms with Crippen LogP contribution in [0.25, 0.3) is 0 Å². The molecule has 7 nitrogen and oxygen atoms in total. The van der Waals surface area contributed by atoms with Gasteiger partial charge in [0.05, 0.1) is 14.2 Å². The molecule has 2 unspecified atom stereocenters. The monoisotopic (exact) mass is 549 g/mol. The highest BCUT2D eigenvalue weighted by molar-refractivity contribution is 6.11. The molecule has 1 aliphatic heterocycles. The Hall–Kier alpha value is -3.35. The first kappa shape index (κ1) is 29.6. The van der Waals surface area contributed by atoms with Crippen molar-refractivity contribution in [1.82, 2.24) is 4.90 Å². The van der Waals surface area contributed by atoms with Crippen molar-refractivity contribution in [3.63, 3.8) is 0 Å². The summed E-state index contributed by atoms with van der Waals surface area (Å²) in [6.45, 7) is 7.91. The van der Waals surface area contributed by atoms with Crippen LogP contribution in [0.3, 0.4) is 0 Å². The number of hydrogen-bond donors (Lipinski definition) is 0. The zero-order chi connectivity index (χ0) is 29.0. The minimum atomic E-state index is -1.000. The molecule has 0 bridgehead atoms. The van der Waals surface area contributed by atoms with E-state index in [9.17, 15) is 14.4 Å². The van der Waals surface area contributed by atoms with Crippen LogP contribution in [-0.4, -0.2) is 55.0 Å². The molecule has 1 saturated heterocycles. The van der Waals surface area contributed by atoms with Crippen LogP contribution < -0.4 is 9.47 Å². The Bertz CT molecular complexity index is 1120. The van der Waals surface area contributed by atoms with Gasteiger partial charge in [-0.1, -0.05) is 51.5 Å². The molecule has 0 radical (unpaired) electrons. The van der Waals surface area contributed by atoms with Crippen LogP contribution >= 0.6 is 0 Å². The van der Waals surface area contributed by atoms with E-state index in [0.29, 0.717) is 24.7 Å². The summed E-state index contributed by atoms with van der Waals surface area (Å²) in [5.74, 6) is 0.547. The maximum atomic E-state index is 13.8. The highest BCUT2D eigenvalue weighted by Gasteiger charge is 2.57. The first-order valence-electron chi connectivity index (χ1n) is 14.4. The third-order valence-corrected chi connectivity index (χ3v) is 8.70. The standard InChI is InChI=1S/C33H43NO6/c1-20(2)28-16-7-21(3)17-29(28)40-33(37)31-30(22(4)35)32(36)34(31)25(18-23-8-12-26(38-5)13-9-23)19-24-10-14-27(39-6)15-11-24/h8-15,20-21,25,28-31H,7,16-19H2,1-6H3/t21-,28+,29-,30?,31?/m0/s1. The molecule has 1 amide bonds. The number of Topliss-reactive ketones (excluding diaryl/α,β-unsaturated/α-hetero) is 1. The van der Waals surface area contributed by atoms with E-state index in [0.717, 1.165) is 41.9 Å². The Labute approximate surface area is 238 Å². The van der Waals surface area contributed by atoms with Crippen LogP contribution in [0.4, 0.5) is 0 Å². The van der Waals surface area contributed by atoms with Crippen molar-refractivity contribution in [3.05, 3.63) is 59.7 Å². The molecule has 0 spiro atoms. The molecule has 2 aromatic rings. The van der Waals surface area contributed by atoms with Crippen LogP contribution in [0.5, 0.6) is 11.5 Å². The van der Waals surface area contributed by atoms with Gasteiger partial charge in [-0.15, -0.1) is 0 Å². The molecule has 2 fully saturated rings. The van der Waals surface area contributed by atoms with Gasteiger partial charge in [-0.25, -0.2) is 4.79 Å². The first-order valence-corrected chi connectivity index (χ1v) is 14.4. The summed E-state index contributed by atoms with van der Waals surface area (Å²) in [5.41, 5.74) is 2.01. The molecule has 7 heteroatoms. The summed E-state index contributed by atoms with van der Waals surface area (Å²) < 4.78 is 16.8. The molecule has 1 saturated carbocycles. The largest absolute Gasteiger partial charge is 0.497 e. The Morgan fingerprint density at radius 3 is 1.88 bits per heavy atom. The number of nitrogens with zero attached hydrogens (tertiary/aromatic N) is 1. The van der Waals surface area contributed by atoms with E-state index in [2.05, 4.69) is 20.8 Å². The highest BCUT2D eigenvalue weighted by Crippen LogP contribution is 2.38. The average Bonchev–Trinajstić information content (AvgIpc) is 2.92. The first-order chi connectivity index (χ1) is 19.1. The van der Waals surface area contributed by atoms with Gasteiger partial charge in [0.15, 0.2) is 0 Å². The van der Waals surface area contributed by atoms with E-state index in [1.54, 1.807) is 19.1 Å². The molecule has 2 aromatic carbocycles. The number of likely N-dealkylation sites (tertiary alicyclic amines) is 1. The summed E-state index contributed by atoms with van der Waals surface area (Å²) in [6.07, 6.45) is 3.77. The second-order valence-corrected chi connectivity index (χ2v) is 11.8. The fourth-order valence-corrected chi connectivity index (χ4v) is 6.37. The molecule has 216 valence electrons. The van der Waals surface area contributed by atoms with E-state index in [-0.39, 0.29) is 29.8 Å². The summed E-state index contributed by atoms with van der Waals surface area (Å²) in [7, 11) is 3.24. The van der Waals surface area contributed by atoms with E-state index < -0.39 is 17.9 Å². The highest BCUT2D eigenvalue weighted by atomic mass is 16.5. The van der Waals surface area contributed by atoms with E-state index in [4.69, 9.17) is 14.2 Å². The van der Waals surface area contributed by atoms with Crippen molar-refractivity contribution in [3.8, 4) is 11.5 Å². The number of ether oxygens (including phenoxy) is 3. The fraction of sp³-hybridized carbons (Fsp3) is 0.545. The van der Waals surface area contributed by atoms with Crippen molar-refractivity contribution in [2.24, 2.45) is 23.7 Å². The van der Waals surface area contributed by atoms with Gasteiger partial charge in [0.25, 0.3) is 0 Å². The molecule has 40 heavy (non-hydrogen) atoms. The number of methoxy groups -OCH3 is 2. The van der Waals surface area contributed by atoms with Crippen LogP contribution in [-0.2, 0) is 32.0 Å². The molecule has 2 aliphatic rings. The Kier molecular flexibility index (Phi) is 9.54. The molecule has 4 rings (SSSR count). The lowest BCUT2D eigenvalue weighted by molar-refractivity contribution is -0.186. The molecule has 5 atom stereocenters. The Morgan fingerprint density at radius 2 is 1.43 bits per heavy atom. The van der Waals surface area contributed by atoms with Gasteiger partial charge in [0.1, 0.15) is 35.3 Å². The number of benzene rings is 2. The van der Waals surface area contributed by atoms with Crippen LogP contribution in [0.1, 0.15) is 58.1 Å². The number of rotatable bonds is 11. The molecule has 0 N–H and O–H groups in total. The number of amides is 1. The lowest BCUT2D eigenvalue weighted by Gasteiger charge is -2.49. The van der Waals surface area contributed by atoms with Crippen molar-refractivity contribution in [2.75, 3.05) is 14.2 Å². The minimum Gasteiger partial charge on any atom is -0.497 e. The van der Waals surface area contributed by atoms with Gasteiger partial charge < -0.3 is 19.1 Å². The summed E-state index contributed by atoms with van der Waals surface area (Å²) in [4.78, 5) is 41.6.